The summed E-state index contributed by atoms with van der Waals surface area (Å²) in [5, 5.41) is 3.65. The fourth-order valence-electron chi connectivity index (χ4n) is 5.57. The second-order valence-electron chi connectivity index (χ2n) is 10.8. The van der Waals surface area contributed by atoms with Crippen molar-refractivity contribution >= 4 is 39.1 Å². The van der Waals surface area contributed by atoms with Gasteiger partial charge in [-0.1, -0.05) is 86.3 Å². The molecular weight excluding hydrogens is 570 g/mol. The Bertz CT molecular complexity index is 1440. The summed E-state index contributed by atoms with van der Waals surface area (Å²) in [5.41, 5.74) is 2.01. The first-order valence-electron chi connectivity index (χ1n) is 14.7. The van der Waals surface area contributed by atoms with Crippen LogP contribution in [0.4, 0.5) is 5.69 Å². The molecule has 0 saturated heterocycles. The number of aryl methyl sites for hydroxylation is 1. The third-order valence-corrected chi connectivity index (χ3v) is 9.87. The molecule has 0 bridgehead atoms. The molecule has 1 fully saturated rings. The molecule has 3 aromatic carbocycles. The average molecular weight is 610 g/mol. The van der Waals surface area contributed by atoms with Crippen LogP contribution in [0.5, 0.6) is 0 Å². The summed E-state index contributed by atoms with van der Waals surface area (Å²) in [5.74, 6) is -0.628. The van der Waals surface area contributed by atoms with E-state index in [9.17, 15) is 18.0 Å². The summed E-state index contributed by atoms with van der Waals surface area (Å²) in [6.45, 7) is 3.47. The molecular formula is C33H40ClN3O4S. The van der Waals surface area contributed by atoms with Crippen molar-refractivity contribution in [2.75, 3.05) is 17.4 Å². The number of rotatable bonds is 12. The van der Waals surface area contributed by atoms with Crippen molar-refractivity contribution < 1.29 is 18.0 Å². The number of amides is 2. The Morgan fingerprint density at radius 3 is 2.21 bits per heavy atom. The molecule has 3 aromatic rings. The van der Waals surface area contributed by atoms with Crippen molar-refractivity contribution in [3.05, 3.63) is 95.0 Å². The predicted octanol–water partition coefficient (Wildman–Crippen LogP) is 6.14. The van der Waals surface area contributed by atoms with E-state index >= 15 is 0 Å². The molecule has 1 aliphatic carbocycles. The van der Waals surface area contributed by atoms with E-state index in [2.05, 4.69) is 5.32 Å². The molecule has 0 aliphatic heterocycles. The summed E-state index contributed by atoms with van der Waals surface area (Å²) in [6.07, 6.45) is 6.12. The highest BCUT2D eigenvalue weighted by Crippen LogP contribution is 2.29. The standard InChI is InChI=1S/C33H40ClN3O4S/c1-3-30(33(39)35-28-15-9-5-10-16-28)36(22-21-26-13-7-4-8-14-26)32(38)24-37(31-20-19-27(34)23-25(31)2)42(40,41)29-17-11-6-12-18-29/h4,6-8,11-14,17-20,23,28,30H,3,5,9-10,15-16,21-22,24H2,1-2H3,(H,35,39)/t30-/m1/s1. The third-order valence-electron chi connectivity index (χ3n) is 7.86. The molecule has 224 valence electrons. The van der Waals surface area contributed by atoms with Gasteiger partial charge in [-0.25, -0.2) is 8.42 Å². The summed E-state index contributed by atoms with van der Waals surface area (Å²) in [7, 11) is -4.12. The van der Waals surface area contributed by atoms with E-state index in [4.69, 9.17) is 11.6 Å². The highest BCUT2D eigenvalue weighted by atomic mass is 35.5. The van der Waals surface area contributed by atoms with Gasteiger partial charge in [0, 0.05) is 17.6 Å². The van der Waals surface area contributed by atoms with E-state index in [0.29, 0.717) is 29.1 Å². The maximum Gasteiger partial charge on any atom is 0.264 e. The maximum absolute atomic E-state index is 14.2. The molecule has 9 heteroatoms. The Morgan fingerprint density at radius 1 is 0.952 bits per heavy atom. The zero-order chi connectivity index (χ0) is 30.1. The molecule has 1 atom stereocenters. The molecule has 4 rings (SSSR count). The Labute approximate surface area is 254 Å². The molecule has 1 saturated carbocycles. The lowest BCUT2D eigenvalue weighted by molar-refractivity contribution is -0.140. The van der Waals surface area contributed by atoms with E-state index in [1.165, 1.54) is 18.6 Å². The minimum absolute atomic E-state index is 0.0741. The van der Waals surface area contributed by atoms with Crippen LogP contribution in [0.2, 0.25) is 5.02 Å². The van der Waals surface area contributed by atoms with Gasteiger partial charge in [-0.15, -0.1) is 0 Å². The number of benzene rings is 3. The summed E-state index contributed by atoms with van der Waals surface area (Å²) >= 11 is 6.20. The summed E-state index contributed by atoms with van der Waals surface area (Å²) < 4.78 is 29.1. The minimum Gasteiger partial charge on any atom is -0.352 e. The second kappa shape index (κ2) is 14.7. The van der Waals surface area contributed by atoms with Crippen LogP contribution in [-0.4, -0.2) is 50.3 Å². The first-order chi connectivity index (χ1) is 20.2. The van der Waals surface area contributed by atoms with Gasteiger partial charge in [-0.3, -0.25) is 13.9 Å². The number of nitrogens with zero attached hydrogens (tertiary/aromatic N) is 2. The molecule has 2 amide bonds. The number of nitrogens with one attached hydrogen (secondary N) is 1. The molecule has 1 N–H and O–H groups in total. The van der Waals surface area contributed by atoms with Crippen LogP contribution in [0.15, 0.2) is 83.8 Å². The summed E-state index contributed by atoms with van der Waals surface area (Å²) in [6, 6.07) is 22.1. The quantitative estimate of drug-likeness (QED) is 0.267. The van der Waals surface area contributed by atoms with E-state index in [0.717, 1.165) is 35.6 Å². The highest BCUT2D eigenvalue weighted by molar-refractivity contribution is 7.92. The molecule has 0 unspecified atom stereocenters. The zero-order valence-corrected chi connectivity index (χ0v) is 25.9. The monoisotopic (exact) mass is 609 g/mol. The van der Waals surface area contributed by atoms with Crippen LogP contribution in [0.25, 0.3) is 0 Å². The largest absolute Gasteiger partial charge is 0.352 e. The van der Waals surface area contributed by atoms with Crippen LogP contribution in [-0.2, 0) is 26.0 Å². The highest BCUT2D eigenvalue weighted by Gasteiger charge is 2.34. The zero-order valence-electron chi connectivity index (χ0n) is 24.3. The third kappa shape index (κ3) is 7.92. The van der Waals surface area contributed by atoms with Gasteiger partial charge in [0.1, 0.15) is 12.6 Å². The fraction of sp³-hybridized carbons (Fsp3) is 0.394. The molecule has 0 aromatic heterocycles. The number of halogens is 1. The first-order valence-corrected chi connectivity index (χ1v) is 16.5. The van der Waals surface area contributed by atoms with Crippen molar-refractivity contribution in [1.82, 2.24) is 10.2 Å². The van der Waals surface area contributed by atoms with Gasteiger partial charge >= 0.3 is 0 Å². The predicted molar refractivity (Wildman–Crippen MR) is 168 cm³/mol. The Balaban J connectivity index is 1.68. The van der Waals surface area contributed by atoms with Gasteiger partial charge in [0.25, 0.3) is 10.0 Å². The molecule has 1 aliphatic rings. The maximum atomic E-state index is 14.2. The minimum atomic E-state index is -4.12. The van der Waals surface area contributed by atoms with Gasteiger partial charge in [0.15, 0.2) is 0 Å². The normalized spacial score (nSPS) is 14.6. The van der Waals surface area contributed by atoms with Crippen LogP contribution in [0, 0.1) is 6.92 Å². The molecule has 0 spiro atoms. The average Bonchev–Trinajstić information content (AvgIpc) is 2.99. The Hall–Kier alpha value is -3.36. The van der Waals surface area contributed by atoms with E-state index in [1.807, 2.05) is 37.3 Å². The lowest BCUT2D eigenvalue weighted by atomic mass is 9.95. The number of carbonyl (C=O) groups excluding carboxylic acids is 2. The lowest BCUT2D eigenvalue weighted by Gasteiger charge is -2.34. The lowest BCUT2D eigenvalue weighted by Crippen LogP contribution is -2.54. The van der Waals surface area contributed by atoms with Gasteiger partial charge in [-0.2, -0.15) is 0 Å². The van der Waals surface area contributed by atoms with Crippen LogP contribution >= 0.6 is 11.6 Å². The Kier molecular flexibility index (Phi) is 11.0. The number of sulfonamides is 1. The van der Waals surface area contributed by atoms with Gasteiger partial charge in [-0.05, 0) is 74.1 Å². The molecule has 0 heterocycles. The number of hydrogen-bond acceptors (Lipinski definition) is 4. The van der Waals surface area contributed by atoms with Gasteiger partial charge in [0.05, 0.1) is 10.6 Å². The number of carbonyl (C=O) groups is 2. The van der Waals surface area contributed by atoms with Gasteiger partial charge < -0.3 is 10.2 Å². The number of anilines is 1. The smallest absolute Gasteiger partial charge is 0.264 e. The van der Waals surface area contributed by atoms with E-state index in [1.54, 1.807) is 48.2 Å². The first kappa shape index (κ1) is 31.6. The summed E-state index contributed by atoms with van der Waals surface area (Å²) in [4.78, 5) is 29.5. The van der Waals surface area contributed by atoms with Crippen molar-refractivity contribution in [3.8, 4) is 0 Å². The van der Waals surface area contributed by atoms with Crippen molar-refractivity contribution in [1.29, 1.82) is 0 Å². The molecule has 0 radical (unpaired) electrons. The second-order valence-corrected chi connectivity index (χ2v) is 13.1. The van der Waals surface area contributed by atoms with E-state index in [-0.39, 0.29) is 23.4 Å². The van der Waals surface area contributed by atoms with Crippen molar-refractivity contribution in [2.45, 2.75) is 75.8 Å². The van der Waals surface area contributed by atoms with Gasteiger partial charge in [0.2, 0.25) is 11.8 Å². The van der Waals surface area contributed by atoms with Crippen molar-refractivity contribution in [2.24, 2.45) is 0 Å². The Morgan fingerprint density at radius 2 is 1.60 bits per heavy atom. The van der Waals surface area contributed by atoms with Crippen LogP contribution in [0.3, 0.4) is 0 Å². The fourth-order valence-corrected chi connectivity index (χ4v) is 7.30. The topological polar surface area (TPSA) is 86.8 Å². The molecule has 42 heavy (non-hydrogen) atoms. The van der Waals surface area contributed by atoms with Crippen LogP contribution < -0.4 is 9.62 Å². The number of hydrogen-bond donors (Lipinski definition) is 1. The SMILES string of the molecule is CC[C@H](C(=O)NC1CCCCC1)N(CCc1ccccc1)C(=O)CN(c1ccc(Cl)cc1C)S(=O)(=O)c1ccccc1. The van der Waals surface area contributed by atoms with Crippen LogP contribution in [0.1, 0.15) is 56.6 Å². The molecule has 7 nitrogen and oxygen atoms in total. The van der Waals surface area contributed by atoms with Crippen molar-refractivity contribution in [3.63, 3.8) is 0 Å². The van der Waals surface area contributed by atoms with E-state index < -0.39 is 28.5 Å².